The molecule has 2 rings (SSSR count). The highest BCUT2D eigenvalue weighted by atomic mass is 32.2. The van der Waals surface area contributed by atoms with Crippen LogP contribution in [0.4, 0.5) is 0 Å². The van der Waals surface area contributed by atoms with E-state index in [1.54, 1.807) is 10.6 Å². The highest BCUT2D eigenvalue weighted by Crippen LogP contribution is 2.29. The van der Waals surface area contributed by atoms with Gasteiger partial charge in [-0.15, -0.1) is 0 Å². The summed E-state index contributed by atoms with van der Waals surface area (Å²) in [5, 5.41) is 3.49. The number of hydrogen-bond acceptors (Lipinski definition) is 4. The van der Waals surface area contributed by atoms with Crippen molar-refractivity contribution in [3.05, 3.63) is 23.7 Å². The van der Waals surface area contributed by atoms with Crippen molar-refractivity contribution in [1.29, 1.82) is 0 Å². The van der Waals surface area contributed by atoms with Crippen molar-refractivity contribution >= 4 is 10.0 Å². The first-order chi connectivity index (χ1) is 9.90. The molecule has 21 heavy (non-hydrogen) atoms. The van der Waals surface area contributed by atoms with E-state index < -0.39 is 10.0 Å². The van der Waals surface area contributed by atoms with E-state index in [-0.39, 0.29) is 6.04 Å². The number of rotatable bonds is 6. The molecular formula is C15H26N2O3S. The van der Waals surface area contributed by atoms with Gasteiger partial charge in [-0.25, -0.2) is 12.7 Å². The molecular weight excluding hydrogens is 288 g/mol. The van der Waals surface area contributed by atoms with E-state index in [0.29, 0.717) is 19.0 Å². The smallest absolute Gasteiger partial charge is 0.211 e. The molecule has 5 nitrogen and oxygen atoms in total. The van der Waals surface area contributed by atoms with E-state index in [4.69, 9.17) is 4.42 Å². The summed E-state index contributed by atoms with van der Waals surface area (Å²) in [4.78, 5) is 0. The molecule has 120 valence electrons. The van der Waals surface area contributed by atoms with Crippen LogP contribution in [0.1, 0.15) is 43.6 Å². The second-order valence-corrected chi connectivity index (χ2v) is 7.95. The van der Waals surface area contributed by atoms with Crippen LogP contribution in [-0.4, -0.2) is 38.6 Å². The number of nitrogens with one attached hydrogen (secondary N) is 1. The third kappa shape index (κ3) is 4.56. The summed E-state index contributed by atoms with van der Waals surface area (Å²) < 4.78 is 30.4. The molecule has 1 N–H and O–H groups in total. The predicted octanol–water partition coefficient (Wildman–Crippen LogP) is 2.30. The lowest BCUT2D eigenvalue weighted by atomic mass is 9.90. The first kappa shape index (κ1) is 16.5. The van der Waals surface area contributed by atoms with Gasteiger partial charge < -0.3 is 9.73 Å². The molecule has 0 amide bonds. The van der Waals surface area contributed by atoms with E-state index in [1.165, 1.54) is 6.26 Å². The largest absolute Gasteiger partial charge is 0.469 e. The van der Waals surface area contributed by atoms with Crippen molar-refractivity contribution in [2.45, 2.75) is 39.2 Å². The summed E-state index contributed by atoms with van der Waals surface area (Å²) in [5.41, 5.74) is 1.16. The maximum atomic E-state index is 11.7. The molecule has 0 radical (unpaired) electrons. The minimum Gasteiger partial charge on any atom is -0.469 e. The van der Waals surface area contributed by atoms with Gasteiger partial charge in [0.2, 0.25) is 10.0 Å². The summed E-state index contributed by atoms with van der Waals surface area (Å²) >= 11 is 0. The van der Waals surface area contributed by atoms with Gasteiger partial charge in [-0.3, -0.25) is 0 Å². The van der Waals surface area contributed by atoms with Gasteiger partial charge in [0.25, 0.3) is 0 Å². The monoisotopic (exact) mass is 314 g/mol. The molecule has 1 aromatic heterocycles. The zero-order chi connectivity index (χ0) is 15.5. The van der Waals surface area contributed by atoms with Crippen LogP contribution < -0.4 is 5.32 Å². The van der Waals surface area contributed by atoms with Crippen LogP contribution in [0.2, 0.25) is 0 Å². The Labute approximate surface area is 127 Å². The number of nitrogens with zero attached hydrogens (tertiary/aromatic N) is 1. The van der Waals surface area contributed by atoms with E-state index in [9.17, 15) is 8.42 Å². The first-order valence-electron chi connectivity index (χ1n) is 7.63. The van der Waals surface area contributed by atoms with Crippen LogP contribution in [0.25, 0.3) is 0 Å². The third-order valence-corrected chi connectivity index (χ3v) is 5.39. The molecule has 1 saturated heterocycles. The average Bonchev–Trinajstić information content (AvgIpc) is 2.84. The Hall–Kier alpha value is -0.850. The van der Waals surface area contributed by atoms with E-state index in [2.05, 4.69) is 18.3 Å². The van der Waals surface area contributed by atoms with Crippen molar-refractivity contribution in [2.24, 2.45) is 5.92 Å². The molecule has 1 fully saturated rings. The number of sulfonamides is 1. The highest BCUT2D eigenvalue weighted by molar-refractivity contribution is 7.88. The van der Waals surface area contributed by atoms with Crippen LogP contribution in [0.15, 0.2) is 16.7 Å². The topological polar surface area (TPSA) is 62.6 Å². The summed E-state index contributed by atoms with van der Waals surface area (Å²) in [6.07, 6.45) is 6.08. The Morgan fingerprint density at radius 2 is 2.29 bits per heavy atom. The van der Waals surface area contributed by atoms with Gasteiger partial charge in [0, 0.05) is 24.7 Å². The SMILES string of the molecule is CCNC(CC1CCCN(S(C)(=O)=O)C1)c1coc(C)c1. The van der Waals surface area contributed by atoms with Gasteiger partial charge in [-0.2, -0.15) is 0 Å². The zero-order valence-corrected chi connectivity index (χ0v) is 13.9. The van der Waals surface area contributed by atoms with E-state index >= 15 is 0 Å². The second-order valence-electron chi connectivity index (χ2n) is 5.97. The number of piperidine rings is 1. The van der Waals surface area contributed by atoms with Gasteiger partial charge in [0.15, 0.2) is 0 Å². The Morgan fingerprint density at radius 3 is 2.86 bits per heavy atom. The lowest BCUT2D eigenvalue weighted by Gasteiger charge is -2.33. The Kier molecular flexibility index (Phi) is 5.46. The number of aryl methyl sites for hydroxylation is 1. The normalized spacial score (nSPS) is 22.3. The van der Waals surface area contributed by atoms with Gasteiger partial charge in [-0.1, -0.05) is 6.92 Å². The minimum atomic E-state index is -3.07. The van der Waals surface area contributed by atoms with Crippen LogP contribution in [0.3, 0.4) is 0 Å². The maximum absolute atomic E-state index is 11.7. The molecule has 1 aromatic rings. The Morgan fingerprint density at radius 1 is 1.52 bits per heavy atom. The van der Waals surface area contributed by atoms with E-state index in [0.717, 1.165) is 37.1 Å². The van der Waals surface area contributed by atoms with Crippen LogP contribution >= 0.6 is 0 Å². The molecule has 1 aliphatic heterocycles. The van der Waals surface area contributed by atoms with Crippen molar-refractivity contribution in [1.82, 2.24) is 9.62 Å². The standard InChI is InChI=1S/C15H26N2O3S/c1-4-16-15(14-8-12(2)20-11-14)9-13-6-5-7-17(10-13)21(3,18)19/h8,11,13,15-16H,4-7,9-10H2,1-3H3. The molecule has 2 unspecified atom stereocenters. The summed E-state index contributed by atoms with van der Waals surface area (Å²) in [6.45, 7) is 6.21. The molecule has 0 saturated carbocycles. The van der Waals surface area contributed by atoms with Crippen LogP contribution in [-0.2, 0) is 10.0 Å². The molecule has 0 aliphatic carbocycles. The summed E-state index contributed by atoms with van der Waals surface area (Å²) in [6, 6.07) is 2.29. The van der Waals surface area contributed by atoms with E-state index in [1.807, 2.05) is 6.92 Å². The molecule has 6 heteroatoms. The van der Waals surface area contributed by atoms with Crippen molar-refractivity contribution in [2.75, 3.05) is 25.9 Å². The fourth-order valence-corrected chi connectivity index (χ4v) is 4.03. The quantitative estimate of drug-likeness (QED) is 0.875. The van der Waals surface area contributed by atoms with Gasteiger partial charge >= 0.3 is 0 Å². The Bertz CT molecular complexity index is 553. The molecule has 2 atom stereocenters. The van der Waals surface area contributed by atoms with Crippen molar-refractivity contribution in [3.63, 3.8) is 0 Å². The van der Waals surface area contributed by atoms with Crippen LogP contribution in [0.5, 0.6) is 0 Å². The third-order valence-electron chi connectivity index (χ3n) is 4.12. The first-order valence-corrected chi connectivity index (χ1v) is 9.48. The van der Waals surface area contributed by atoms with Crippen molar-refractivity contribution in [3.8, 4) is 0 Å². The van der Waals surface area contributed by atoms with Gasteiger partial charge in [0.05, 0.1) is 12.5 Å². The molecule has 1 aliphatic rings. The van der Waals surface area contributed by atoms with Gasteiger partial charge in [-0.05, 0) is 44.7 Å². The van der Waals surface area contributed by atoms with Gasteiger partial charge in [0.1, 0.15) is 5.76 Å². The lowest BCUT2D eigenvalue weighted by Crippen LogP contribution is -2.40. The molecule has 0 aromatic carbocycles. The maximum Gasteiger partial charge on any atom is 0.211 e. The summed E-state index contributed by atoms with van der Waals surface area (Å²) in [7, 11) is -3.07. The fourth-order valence-electron chi connectivity index (χ4n) is 3.08. The molecule has 0 bridgehead atoms. The van der Waals surface area contributed by atoms with Crippen LogP contribution in [0, 0.1) is 12.8 Å². The Balaban J connectivity index is 2.03. The fraction of sp³-hybridized carbons (Fsp3) is 0.733. The predicted molar refractivity (Wildman–Crippen MR) is 83.6 cm³/mol. The lowest BCUT2D eigenvalue weighted by molar-refractivity contribution is 0.238. The molecule has 0 spiro atoms. The molecule has 2 heterocycles. The zero-order valence-electron chi connectivity index (χ0n) is 13.1. The minimum absolute atomic E-state index is 0.233. The second kappa shape index (κ2) is 6.94. The average molecular weight is 314 g/mol. The summed E-state index contributed by atoms with van der Waals surface area (Å²) in [5.74, 6) is 1.31. The van der Waals surface area contributed by atoms with Crippen molar-refractivity contribution < 1.29 is 12.8 Å². The number of hydrogen-bond donors (Lipinski definition) is 1. The highest BCUT2D eigenvalue weighted by Gasteiger charge is 2.28. The number of furan rings is 1.